The van der Waals surface area contributed by atoms with Gasteiger partial charge in [0.25, 0.3) is 0 Å². The van der Waals surface area contributed by atoms with E-state index in [4.69, 9.17) is 4.74 Å². The van der Waals surface area contributed by atoms with Crippen molar-refractivity contribution in [3.8, 4) is 0 Å². The van der Waals surface area contributed by atoms with E-state index in [0.717, 1.165) is 45.1 Å². The van der Waals surface area contributed by atoms with Crippen LogP contribution in [0.2, 0.25) is 0 Å². The summed E-state index contributed by atoms with van der Waals surface area (Å²) < 4.78 is 5.68. The molecule has 1 atom stereocenters. The summed E-state index contributed by atoms with van der Waals surface area (Å²) in [6.07, 6.45) is 4.06. The molecule has 0 aliphatic carbocycles. The maximum absolute atomic E-state index is 5.68. The van der Waals surface area contributed by atoms with Crippen LogP contribution in [-0.4, -0.2) is 56.5 Å². The summed E-state index contributed by atoms with van der Waals surface area (Å²) in [7, 11) is 3.95. The van der Waals surface area contributed by atoms with E-state index in [1.54, 1.807) is 11.8 Å². The molecule has 176 valence electrons. The molecule has 0 aromatic heterocycles. The number of hydrogen-bond acceptors (Lipinski definition) is 4. The smallest absolute Gasteiger partial charge is 0.193 e. The molecule has 2 aromatic carbocycles. The third kappa shape index (κ3) is 7.64. The maximum Gasteiger partial charge on any atom is 0.193 e. The Morgan fingerprint density at radius 3 is 2.38 bits per heavy atom. The monoisotopic (exact) mass is 568 g/mol. The molecule has 0 bridgehead atoms. The highest BCUT2D eigenvalue weighted by Gasteiger charge is 2.34. The van der Waals surface area contributed by atoms with E-state index in [2.05, 4.69) is 95.4 Å². The number of halogens is 1. The van der Waals surface area contributed by atoms with Crippen molar-refractivity contribution in [2.45, 2.75) is 42.8 Å². The van der Waals surface area contributed by atoms with Crippen molar-refractivity contribution in [3.63, 3.8) is 0 Å². The van der Waals surface area contributed by atoms with Crippen LogP contribution in [0.25, 0.3) is 0 Å². The Kier molecular flexibility index (Phi) is 11.3. The van der Waals surface area contributed by atoms with Crippen LogP contribution in [0.3, 0.4) is 0 Å². The minimum absolute atomic E-state index is 0. The summed E-state index contributed by atoms with van der Waals surface area (Å²) in [4.78, 5) is 8.01. The summed E-state index contributed by atoms with van der Waals surface area (Å²) in [5, 5.41) is 7.54. The lowest BCUT2D eigenvalue weighted by Gasteiger charge is -2.41. The van der Waals surface area contributed by atoms with Gasteiger partial charge in [-0.05, 0) is 49.3 Å². The van der Waals surface area contributed by atoms with E-state index in [9.17, 15) is 0 Å². The van der Waals surface area contributed by atoms with Crippen LogP contribution in [0.15, 0.2) is 64.5 Å². The van der Waals surface area contributed by atoms with Gasteiger partial charge < -0.3 is 20.3 Å². The standard InChI is InChI=1S/C25H36N4OS.HI/c1-20(22-8-6-5-7-9-22)28-25(14-16-30-17-15-25)19-27-24(26-2)29(3)18-21-10-12-23(31-4)13-11-21;/h5-13,20,28H,14-19H2,1-4H3,(H,26,27);1H. The van der Waals surface area contributed by atoms with Crippen molar-refractivity contribution in [1.82, 2.24) is 15.5 Å². The second-order valence-electron chi connectivity index (χ2n) is 8.27. The molecule has 1 fully saturated rings. The first-order valence-electron chi connectivity index (χ1n) is 11.0. The van der Waals surface area contributed by atoms with Gasteiger partial charge in [0.05, 0.1) is 0 Å². The van der Waals surface area contributed by atoms with Gasteiger partial charge in [-0.3, -0.25) is 4.99 Å². The Labute approximate surface area is 214 Å². The highest BCUT2D eigenvalue weighted by molar-refractivity contribution is 14.0. The molecule has 1 saturated heterocycles. The highest BCUT2D eigenvalue weighted by atomic mass is 127. The van der Waals surface area contributed by atoms with Crippen LogP contribution in [0.5, 0.6) is 0 Å². The summed E-state index contributed by atoms with van der Waals surface area (Å²) in [5.74, 6) is 0.911. The average molecular weight is 569 g/mol. The van der Waals surface area contributed by atoms with Gasteiger partial charge in [0.15, 0.2) is 5.96 Å². The van der Waals surface area contributed by atoms with E-state index in [-0.39, 0.29) is 35.6 Å². The van der Waals surface area contributed by atoms with Gasteiger partial charge in [0, 0.05) is 56.9 Å². The highest BCUT2D eigenvalue weighted by Crippen LogP contribution is 2.25. The van der Waals surface area contributed by atoms with E-state index >= 15 is 0 Å². The molecule has 0 spiro atoms. The zero-order chi connectivity index (χ0) is 22.1. The largest absolute Gasteiger partial charge is 0.381 e. The molecule has 5 nitrogen and oxygen atoms in total. The summed E-state index contributed by atoms with van der Waals surface area (Å²) >= 11 is 1.77. The van der Waals surface area contributed by atoms with Crippen LogP contribution in [0.1, 0.15) is 36.9 Å². The van der Waals surface area contributed by atoms with Crippen molar-refractivity contribution in [3.05, 3.63) is 65.7 Å². The minimum Gasteiger partial charge on any atom is -0.381 e. The molecule has 0 radical (unpaired) electrons. The van der Waals surface area contributed by atoms with E-state index in [1.165, 1.54) is 16.0 Å². The van der Waals surface area contributed by atoms with Crippen LogP contribution in [0, 0.1) is 0 Å². The number of ether oxygens (including phenoxy) is 1. The number of guanidine groups is 1. The number of nitrogens with one attached hydrogen (secondary N) is 2. The third-order valence-corrected chi connectivity index (χ3v) is 6.75. The van der Waals surface area contributed by atoms with Gasteiger partial charge >= 0.3 is 0 Å². The Hall–Kier alpha value is -1.29. The van der Waals surface area contributed by atoms with Crippen molar-refractivity contribution >= 4 is 41.7 Å². The molecule has 2 N–H and O–H groups in total. The molecule has 0 saturated carbocycles. The van der Waals surface area contributed by atoms with E-state index in [0.29, 0.717) is 0 Å². The van der Waals surface area contributed by atoms with Crippen molar-refractivity contribution in [2.75, 3.05) is 40.1 Å². The number of nitrogens with zero attached hydrogens (tertiary/aromatic N) is 2. The summed E-state index contributed by atoms with van der Waals surface area (Å²) in [5.41, 5.74) is 2.56. The van der Waals surface area contributed by atoms with Gasteiger partial charge in [-0.1, -0.05) is 42.5 Å². The SMILES string of the molecule is CN=C(NCC1(NC(C)c2ccccc2)CCOCC1)N(C)Cc1ccc(SC)cc1.I. The molecule has 3 rings (SSSR count). The molecule has 1 unspecified atom stereocenters. The average Bonchev–Trinajstić information content (AvgIpc) is 2.81. The predicted molar refractivity (Wildman–Crippen MR) is 147 cm³/mol. The molecule has 32 heavy (non-hydrogen) atoms. The second-order valence-corrected chi connectivity index (χ2v) is 9.15. The first-order chi connectivity index (χ1) is 15.0. The fraction of sp³-hybridized carbons (Fsp3) is 0.480. The lowest BCUT2D eigenvalue weighted by molar-refractivity contribution is 0.0353. The zero-order valence-electron chi connectivity index (χ0n) is 19.6. The predicted octanol–water partition coefficient (Wildman–Crippen LogP) is 4.93. The number of benzene rings is 2. The fourth-order valence-corrected chi connectivity index (χ4v) is 4.54. The molecular formula is C25H37IN4OS. The first-order valence-corrected chi connectivity index (χ1v) is 12.2. The zero-order valence-corrected chi connectivity index (χ0v) is 22.8. The second kappa shape index (κ2) is 13.4. The van der Waals surface area contributed by atoms with Crippen LogP contribution >= 0.6 is 35.7 Å². The van der Waals surface area contributed by atoms with E-state index in [1.807, 2.05) is 7.05 Å². The fourth-order valence-electron chi connectivity index (χ4n) is 4.13. The summed E-state index contributed by atoms with van der Waals surface area (Å²) in [6.45, 7) is 5.44. The molecule has 2 aromatic rings. The lowest BCUT2D eigenvalue weighted by atomic mass is 9.88. The maximum atomic E-state index is 5.68. The van der Waals surface area contributed by atoms with Crippen molar-refractivity contribution < 1.29 is 4.74 Å². The molecule has 0 amide bonds. The third-order valence-electron chi connectivity index (χ3n) is 6.01. The minimum atomic E-state index is -0.0235. The van der Waals surface area contributed by atoms with Crippen LogP contribution in [-0.2, 0) is 11.3 Å². The molecule has 1 heterocycles. The van der Waals surface area contributed by atoms with Crippen LogP contribution < -0.4 is 10.6 Å². The van der Waals surface area contributed by atoms with E-state index < -0.39 is 0 Å². The Balaban J connectivity index is 0.00000363. The van der Waals surface area contributed by atoms with Gasteiger partial charge in [0.1, 0.15) is 0 Å². The van der Waals surface area contributed by atoms with Crippen LogP contribution in [0.4, 0.5) is 0 Å². The van der Waals surface area contributed by atoms with Gasteiger partial charge in [-0.2, -0.15) is 0 Å². The lowest BCUT2D eigenvalue weighted by Crippen LogP contribution is -2.58. The number of aliphatic imine (C=N–C) groups is 1. The molecule has 1 aliphatic heterocycles. The Morgan fingerprint density at radius 2 is 1.78 bits per heavy atom. The summed E-state index contributed by atoms with van der Waals surface area (Å²) in [6, 6.07) is 19.7. The molecule has 1 aliphatic rings. The topological polar surface area (TPSA) is 48.9 Å². The Morgan fingerprint density at radius 1 is 1.12 bits per heavy atom. The first kappa shape index (κ1) is 27.0. The quantitative estimate of drug-likeness (QED) is 0.205. The van der Waals surface area contributed by atoms with Gasteiger partial charge in [-0.15, -0.1) is 35.7 Å². The number of rotatable bonds is 8. The Bertz CT molecular complexity index is 826. The molecule has 7 heteroatoms. The number of thioether (sulfide) groups is 1. The van der Waals surface area contributed by atoms with Crippen molar-refractivity contribution in [1.29, 1.82) is 0 Å². The normalized spacial score (nSPS) is 16.7. The van der Waals surface area contributed by atoms with Gasteiger partial charge in [0.2, 0.25) is 0 Å². The molecular weight excluding hydrogens is 531 g/mol. The van der Waals surface area contributed by atoms with Gasteiger partial charge in [-0.25, -0.2) is 0 Å². The number of hydrogen-bond donors (Lipinski definition) is 2. The van der Waals surface area contributed by atoms with Crippen molar-refractivity contribution in [2.24, 2.45) is 4.99 Å².